The van der Waals surface area contributed by atoms with E-state index in [9.17, 15) is 8.78 Å². The molecule has 96 valence electrons. The Labute approximate surface area is 105 Å². The van der Waals surface area contributed by atoms with Crippen molar-refractivity contribution < 1.29 is 13.2 Å². The topological polar surface area (TPSA) is 25.2 Å². The lowest BCUT2D eigenvalue weighted by atomic mass is 10.0. The summed E-state index contributed by atoms with van der Waals surface area (Å²) in [6.07, 6.45) is 4.06. The Morgan fingerprint density at radius 1 is 1.17 bits per heavy atom. The van der Waals surface area contributed by atoms with E-state index in [1.165, 1.54) is 12.1 Å². The first-order valence-corrected chi connectivity index (χ1v) is 5.92. The van der Waals surface area contributed by atoms with E-state index in [0.717, 1.165) is 24.6 Å². The molecule has 0 saturated carbocycles. The maximum Gasteiger partial charge on any atom is 0.126 e. The number of nitrogens with one attached hydrogen (secondary N) is 1. The summed E-state index contributed by atoms with van der Waals surface area (Å²) in [5.41, 5.74) is 1.41. The molecule has 1 unspecified atom stereocenters. The molecule has 2 rings (SSSR count). The molecule has 2 aromatic rings. The molecular weight excluding hydrogens is 236 g/mol. The first kappa shape index (κ1) is 12.8. The summed E-state index contributed by atoms with van der Waals surface area (Å²) >= 11 is 0. The predicted molar refractivity (Wildman–Crippen MR) is 65.2 cm³/mol. The van der Waals surface area contributed by atoms with Crippen molar-refractivity contribution in [3.63, 3.8) is 0 Å². The van der Waals surface area contributed by atoms with Crippen LogP contribution in [0.5, 0.6) is 0 Å². The van der Waals surface area contributed by atoms with E-state index in [2.05, 4.69) is 5.32 Å². The van der Waals surface area contributed by atoms with Gasteiger partial charge in [0.15, 0.2) is 0 Å². The molecule has 2 nitrogen and oxygen atoms in total. The van der Waals surface area contributed by atoms with Crippen molar-refractivity contribution in [3.8, 4) is 0 Å². The lowest BCUT2D eigenvalue weighted by Gasteiger charge is -2.17. The number of hydrogen-bond acceptors (Lipinski definition) is 2. The van der Waals surface area contributed by atoms with Gasteiger partial charge in [0.25, 0.3) is 0 Å². The summed E-state index contributed by atoms with van der Waals surface area (Å²) in [6.45, 7) is 2.79. The van der Waals surface area contributed by atoms with E-state index in [1.54, 1.807) is 18.6 Å². The molecule has 0 fully saturated rings. The van der Waals surface area contributed by atoms with E-state index in [1.807, 2.05) is 6.92 Å². The Morgan fingerprint density at radius 2 is 1.89 bits per heavy atom. The van der Waals surface area contributed by atoms with Crippen LogP contribution in [0.3, 0.4) is 0 Å². The molecule has 1 aromatic carbocycles. The Morgan fingerprint density at radius 3 is 2.44 bits per heavy atom. The van der Waals surface area contributed by atoms with Gasteiger partial charge in [-0.2, -0.15) is 0 Å². The molecule has 0 aliphatic heterocycles. The van der Waals surface area contributed by atoms with Crippen LogP contribution in [0.25, 0.3) is 0 Å². The van der Waals surface area contributed by atoms with Gasteiger partial charge in [-0.25, -0.2) is 8.78 Å². The third-order valence-electron chi connectivity index (χ3n) is 2.69. The molecule has 0 aliphatic carbocycles. The Hall–Kier alpha value is -1.68. The van der Waals surface area contributed by atoms with Gasteiger partial charge in [0.2, 0.25) is 0 Å². The third-order valence-corrected chi connectivity index (χ3v) is 2.69. The Bertz CT molecular complexity index is 476. The van der Waals surface area contributed by atoms with Crippen molar-refractivity contribution in [2.75, 3.05) is 6.54 Å². The quantitative estimate of drug-likeness (QED) is 0.877. The van der Waals surface area contributed by atoms with E-state index >= 15 is 0 Å². The normalized spacial score (nSPS) is 12.6. The molecule has 0 aliphatic rings. The van der Waals surface area contributed by atoms with Crippen molar-refractivity contribution in [1.29, 1.82) is 0 Å². The number of hydrogen-bond donors (Lipinski definition) is 1. The smallest absolute Gasteiger partial charge is 0.126 e. The minimum atomic E-state index is -0.572. The van der Waals surface area contributed by atoms with Gasteiger partial charge >= 0.3 is 0 Å². The lowest BCUT2D eigenvalue weighted by Crippen LogP contribution is -2.23. The Kier molecular flexibility index (Phi) is 4.10. The summed E-state index contributed by atoms with van der Waals surface area (Å²) in [4.78, 5) is 0. The summed E-state index contributed by atoms with van der Waals surface area (Å²) < 4.78 is 31.6. The number of furan rings is 1. The average molecular weight is 251 g/mol. The van der Waals surface area contributed by atoms with Crippen LogP contribution in [0.4, 0.5) is 8.78 Å². The van der Waals surface area contributed by atoms with E-state index in [-0.39, 0.29) is 6.04 Å². The minimum Gasteiger partial charge on any atom is -0.472 e. The molecule has 1 heterocycles. The van der Waals surface area contributed by atoms with Crippen molar-refractivity contribution in [3.05, 3.63) is 59.6 Å². The second-order valence-corrected chi connectivity index (χ2v) is 4.15. The van der Waals surface area contributed by atoms with Gasteiger partial charge in [-0.15, -0.1) is 0 Å². The molecule has 18 heavy (non-hydrogen) atoms. The van der Waals surface area contributed by atoms with Crippen LogP contribution in [0, 0.1) is 11.6 Å². The fourth-order valence-corrected chi connectivity index (χ4v) is 1.90. The molecule has 1 aromatic heterocycles. The number of rotatable bonds is 5. The maximum absolute atomic E-state index is 13.3. The first-order chi connectivity index (χ1) is 8.70. The zero-order chi connectivity index (χ0) is 13.0. The van der Waals surface area contributed by atoms with Gasteiger partial charge in [0.05, 0.1) is 18.6 Å². The number of halogens is 2. The van der Waals surface area contributed by atoms with Crippen molar-refractivity contribution in [2.45, 2.75) is 19.4 Å². The molecular formula is C14H15F2NO. The van der Waals surface area contributed by atoms with Gasteiger partial charge in [0.1, 0.15) is 11.6 Å². The summed E-state index contributed by atoms with van der Waals surface area (Å²) in [5.74, 6) is -1.14. The van der Waals surface area contributed by atoms with Crippen LogP contribution >= 0.6 is 0 Å². The van der Waals surface area contributed by atoms with Crippen LogP contribution in [-0.2, 0) is 0 Å². The van der Waals surface area contributed by atoms with Crippen LogP contribution in [-0.4, -0.2) is 6.54 Å². The second-order valence-electron chi connectivity index (χ2n) is 4.15. The molecule has 1 N–H and O–H groups in total. The van der Waals surface area contributed by atoms with Crippen molar-refractivity contribution >= 4 is 0 Å². The van der Waals surface area contributed by atoms with E-state index < -0.39 is 11.6 Å². The van der Waals surface area contributed by atoms with E-state index in [4.69, 9.17) is 4.42 Å². The highest BCUT2D eigenvalue weighted by atomic mass is 19.1. The van der Waals surface area contributed by atoms with Gasteiger partial charge in [0, 0.05) is 11.6 Å². The average Bonchev–Trinajstić information content (AvgIpc) is 2.82. The van der Waals surface area contributed by atoms with Gasteiger partial charge in [-0.3, -0.25) is 0 Å². The maximum atomic E-state index is 13.3. The second kappa shape index (κ2) is 5.78. The fraction of sp³-hybridized carbons (Fsp3) is 0.286. The van der Waals surface area contributed by atoms with Crippen molar-refractivity contribution in [1.82, 2.24) is 5.32 Å². The summed E-state index contributed by atoms with van der Waals surface area (Å²) in [7, 11) is 0. The summed E-state index contributed by atoms with van der Waals surface area (Å²) in [6, 6.07) is 5.08. The molecule has 0 spiro atoms. The lowest BCUT2D eigenvalue weighted by molar-refractivity contribution is 0.540. The van der Waals surface area contributed by atoms with Crippen LogP contribution in [0.1, 0.15) is 30.5 Å². The van der Waals surface area contributed by atoms with E-state index in [0.29, 0.717) is 5.56 Å². The highest BCUT2D eigenvalue weighted by Gasteiger charge is 2.16. The third kappa shape index (κ3) is 2.96. The largest absolute Gasteiger partial charge is 0.472 e. The first-order valence-electron chi connectivity index (χ1n) is 5.92. The summed E-state index contributed by atoms with van der Waals surface area (Å²) in [5, 5.41) is 3.25. The predicted octanol–water partition coefficient (Wildman–Crippen LogP) is 3.65. The zero-order valence-corrected chi connectivity index (χ0v) is 10.1. The SMILES string of the molecule is CCCNC(c1ccoc1)c1cc(F)cc(F)c1. The molecule has 0 saturated heterocycles. The number of benzene rings is 1. The molecule has 0 bridgehead atoms. The monoisotopic (exact) mass is 251 g/mol. The zero-order valence-electron chi connectivity index (χ0n) is 10.1. The van der Waals surface area contributed by atoms with Gasteiger partial charge in [-0.05, 0) is 36.7 Å². The van der Waals surface area contributed by atoms with Crippen LogP contribution in [0.15, 0.2) is 41.2 Å². The molecule has 1 atom stereocenters. The molecule has 0 radical (unpaired) electrons. The van der Waals surface area contributed by atoms with Gasteiger partial charge in [-0.1, -0.05) is 6.92 Å². The van der Waals surface area contributed by atoms with Crippen LogP contribution < -0.4 is 5.32 Å². The standard InChI is InChI=1S/C14H15F2NO/c1-2-4-17-14(10-3-5-18-9-10)11-6-12(15)8-13(16)7-11/h3,5-9,14,17H,2,4H2,1H3. The highest BCUT2D eigenvalue weighted by Crippen LogP contribution is 2.24. The highest BCUT2D eigenvalue weighted by molar-refractivity contribution is 5.30. The minimum absolute atomic E-state index is 0.256. The Balaban J connectivity index is 2.33. The molecule has 4 heteroatoms. The fourth-order valence-electron chi connectivity index (χ4n) is 1.90. The van der Waals surface area contributed by atoms with Crippen molar-refractivity contribution in [2.24, 2.45) is 0 Å². The van der Waals surface area contributed by atoms with Gasteiger partial charge < -0.3 is 9.73 Å². The van der Waals surface area contributed by atoms with Crippen LogP contribution in [0.2, 0.25) is 0 Å². The molecule has 0 amide bonds.